The number of amidine groups is 1. The molecule has 6 fully saturated rings. The summed E-state index contributed by atoms with van der Waals surface area (Å²) in [5, 5.41) is 71.4. The Kier molecular flexibility index (Phi) is 22.7. The first-order chi connectivity index (χ1) is 50.3. The van der Waals surface area contributed by atoms with Gasteiger partial charge in [0.05, 0.1) is 46.8 Å². The lowest BCUT2D eigenvalue weighted by Gasteiger charge is -2.67. The first-order valence-electron chi connectivity index (χ1n) is 36.3. The van der Waals surface area contributed by atoms with Crippen LogP contribution in [0.5, 0.6) is 11.5 Å². The zero-order valence-corrected chi connectivity index (χ0v) is 62.7. The normalized spacial score (nSPS) is 27.2. The van der Waals surface area contributed by atoms with Gasteiger partial charge in [-0.1, -0.05) is 88.4 Å². The Labute approximate surface area is 621 Å². The number of fused-ring (bicyclic) bond motifs is 5. The van der Waals surface area contributed by atoms with Crippen LogP contribution in [0.4, 0.5) is 15.3 Å². The molecule has 4 amide bonds. The van der Waals surface area contributed by atoms with Crippen molar-refractivity contribution in [2.45, 2.75) is 180 Å². The highest BCUT2D eigenvalue weighted by Crippen LogP contribution is 2.64. The fraction of sp³-hybridized carbons (Fsp3) is 0.545. The van der Waals surface area contributed by atoms with Crippen LogP contribution in [0.15, 0.2) is 108 Å². The lowest BCUT2D eigenvalue weighted by molar-refractivity contribution is -0.346. The molecule has 11 atom stereocenters. The number of Topliss-reactive ketones (excluding diaryl/α,β-unsaturated/α-hetero) is 1. The lowest BCUT2D eigenvalue weighted by Crippen LogP contribution is -2.81. The van der Waals surface area contributed by atoms with Crippen molar-refractivity contribution in [3.05, 3.63) is 136 Å². The SMILES string of the molecule is CC(=O)O[C@@]12CO[C@@H]1C[C@H](O)[C@@]1(C)C(=O)C(O)C3=C(C)[C@@H](OC(=O)[C@H](OC(=O)C4CCN(C(=O)C5CCN(S(=O)(=O)N6CCN(Cc7ccc(N(C(=N)c8cc(C(C)C)c(O)cc8O)C(N)=O)cc7)CC6)CC5)CC4)[C@@H](NC(=O)OC(C)(C)C)c4ccccc4)C[C@@](O)([C@@H](OC(=O)c4ccccc4)[C@H]21)C3(C)C. The number of hydrogen-bond donors (Lipinski definition) is 8. The molecule has 2 saturated carbocycles. The predicted molar refractivity (Wildman–Crippen MR) is 386 cm³/mol. The van der Waals surface area contributed by atoms with E-state index in [0.717, 1.165) is 23.5 Å². The third-order valence-corrected chi connectivity index (χ3v) is 24.8. The molecule has 4 aromatic carbocycles. The van der Waals surface area contributed by atoms with Crippen molar-refractivity contribution in [2.75, 3.05) is 63.9 Å². The highest BCUT2D eigenvalue weighted by molar-refractivity contribution is 7.86. The van der Waals surface area contributed by atoms with Crippen molar-refractivity contribution in [1.82, 2.24) is 23.7 Å². The summed E-state index contributed by atoms with van der Waals surface area (Å²) < 4.78 is 68.1. The molecule has 29 nitrogen and oxygen atoms in total. The van der Waals surface area contributed by atoms with Gasteiger partial charge in [-0.25, -0.2) is 24.1 Å². The topological polar surface area (TPSA) is 405 Å². The molecular weight excluding hydrogens is 1400 g/mol. The van der Waals surface area contributed by atoms with E-state index in [1.165, 1.54) is 54.5 Å². The Morgan fingerprint density at radius 3 is 1.97 bits per heavy atom. The Morgan fingerprint density at radius 1 is 0.804 bits per heavy atom. The molecule has 4 saturated heterocycles. The number of benzene rings is 4. The molecule has 4 aromatic rings. The number of nitrogens with two attached hydrogens (primary N) is 1. The summed E-state index contributed by atoms with van der Waals surface area (Å²) in [5.41, 5.74) is -1.77. The maximum atomic E-state index is 15.6. The van der Waals surface area contributed by atoms with Gasteiger partial charge in [-0.2, -0.15) is 17.0 Å². The number of aromatic hydroxyl groups is 2. The van der Waals surface area contributed by atoms with Gasteiger partial charge in [0, 0.05) is 96.1 Å². The number of urea groups is 1. The molecule has 4 aliphatic heterocycles. The molecule has 1 unspecified atom stereocenters. The smallest absolute Gasteiger partial charge is 0.408 e. The summed E-state index contributed by atoms with van der Waals surface area (Å²) in [4.78, 5) is 119. The molecule has 7 aliphatic rings. The fourth-order valence-electron chi connectivity index (χ4n) is 16.8. The second kappa shape index (κ2) is 30.6. The number of ether oxygens (including phenoxy) is 6. The number of aliphatic hydroxyl groups excluding tert-OH is 2. The molecule has 2 bridgehead atoms. The number of carbonyl (C=O) groups excluding carboxylic acids is 8. The monoisotopic (exact) mass is 1500 g/mol. The maximum absolute atomic E-state index is 15.6. The first-order valence-corrected chi connectivity index (χ1v) is 37.7. The average Bonchev–Trinajstić information content (AvgIpc) is 0.669. The number of piperazine rings is 1. The number of ketones is 1. The van der Waals surface area contributed by atoms with Gasteiger partial charge in [0.25, 0.3) is 10.2 Å². The van der Waals surface area contributed by atoms with Crippen LogP contribution in [-0.2, 0) is 69.1 Å². The van der Waals surface area contributed by atoms with E-state index >= 15 is 9.59 Å². The number of likely N-dealkylation sites (tertiary alicyclic amines) is 1. The number of aliphatic hydroxyl groups is 3. The van der Waals surface area contributed by atoms with Gasteiger partial charge in [-0.05, 0) is 124 Å². The van der Waals surface area contributed by atoms with Crippen LogP contribution < -0.4 is 16.0 Å². The van der Waals surface area contributed by atoms with E-state index in [2.05, 4.69) is 10.2 Å². The maximum Gasteiger partial charge on any atom is 0.408 e. The number of nitrogens with zero attached hydrogens (tertiary/aromatic N) is 5. The van der Waals surface area contributed by atoms with E-state index in [1.807, 2.05) is 13.8 Å². The number of hydrogen-bond acceptors (Lipinski definition) is 23. The number of carbonyl (C=O) groups is 8. The molecule has 0 spiro atoms. The van der Waals surface area contributed by atoms with Crippen LogP contribution in [0.2, 0.25) is 0 Å². The van der Waals surface area contributed by atoms with E-state index in [4.69, 9.17) is 39.6 Å². The zero-order valence-electron chi connectivity index (χ0n) is 61.9. The van der Waals surface area contributed by atoms with Gasteiger partial charge in [-0.15, -0.1) is 0 Å². The largest absolute Gasteiger partial charge is 0.508 e. The van der Waals surface area contributed by atoms with Crippen LogP contribution in [0.1, 0.15) is 152 Å². The molecule has 107 heavy (non-hydrogen) atoms. The zero-order chi connectivity index (χ0) is 77.8. The van der Waals surface area contributed by atoms with E-state index in [0.29, 0.717) is 25.2 Å². The van der Waals surface area contributed by atoms with E-state index in [-0.39, 0.29) is 135 Å². The first kappa shape index (κ1) is 79.2. The van der Waals surface area contributed by atoms with Crippen molar-refractivity contribution >= 4 is 69.4 Å². The molecule has 0 aromatic heterocycles. The van der Waals surface area contributed by atoms with Crippen molar-refractivity contribution < 1.29 is 101 Å². The molecular formula is C77H98N8O21S. The third kappa shape index (κ3) is 15.4. The van der Waals surface area contributed by atoms with E-state index < -0.39 is 152 Å². The van der Waals surface area contributed by atoms with Crippen LogP contribution in [0, 0.1) is 34.0 Å². The molecule has 4 heterocycles. The Hall–Kier alpha value is -8.88. The summed E-state index contributed by atoms with van der Waals surface area (Å²) in [7, 11) is -3.93. The fourth-order valence-corrected chi connectivity index (χ4v) is 18.5. The second-order valence-corrected chi connectivity index (χ2v) is 33.1. The number of nitrogens with one attached hydrogen (secondary N) is 2. The van der Waals surface area contributed by atoms with Crippen molar-refractivity contribution in [3.8, 4) is 11.5 Å². The van der Waals surface area contributed by atoms with Crippen molar-refractivity contribution in [2.24, 2.45) is 34.3 Å². The number of rotatable bonds is 18. The van der Waals surface area contributed by atoms with Crippen molar-refractivity contribution in [3.63, 3.8) is 0 Å². The van der Waals surface area contributed by atoms with Crippen LogP contribution in [0.3, 0.4) is 0 Å². The summed E-state index contributed by atoms with van der Waals surface area (Å²) in [6.45, 7) is 17.2. The minimum absolute atomic E-state index is 0.00450. The number of anilines is 1. The minimum atomic E-state index is -3.93. The van der Waals surface area contributed by atoms with E-state index in [9.17, 15) is 62.7 Å². The van der Waals surface area contributed by atoms with Gasteiger partial charge in [0.1, 0.15) is 59.0 Å². The number of esters is 4. The molecule has 9 N–H and O–H groups in total. The number of phenols is 2. The van der Waals surface area contributed by atoms with E-state index in [1.54, 1.807) is 98.5 Å². The van der Waals surface area contributed by atoms with Crippen LogP contribution in [0.25, 0.3) is 0 Å². The molecule has 578 valence electrons. The van der Waals surface area contributed by atoms with Crippen LogP contribution in [-0.4, -0.2) is 218 Å². The van der Waals surface area contributed by atoms with Gasteiger partial charge in [0.15, 0.2) is 11.4 Å². The lowest BCUT2D eigenvalue weighted by atomic mass is 9.44. The summed E-state index contributed by atoms with van der Waals surface area (Å²) in [5.74, 6) is -9.35. The molecule has 0 radical (unpaired) electrons. The number of piperidine rings is 2. The summed E-state index contributed by atoms with van der Waals surface area (Å²) in [6.07, 6.45) is -11.8. The number of phenolic OH excluding ortho intramolecular Hbond substituents is 2. The number of amides is 4. The van der Waals surface area contributed by atoms with Crippen molar-refractivity contribution in [1.29, 1.82) is 5.41 Å². The quantitative estimate of drug-likeness (QED) is 0.0179. The van der Waals surface area contributed by atoms with Gasteiger partial charge < -0.3 is 69.9 Å². The second-order valence-electron chi connectivity index (χ2n) is 31.2. The van der Waals surface area contributed by atoms with Gasteiger partial charge in [0.2, 0.25) is 12.0 Å². The van der Waals surface area contributed by atoms with Gasteiger partial charge in [-0.3, -0.25) is 29.5 Å². The predicted octanol–water partition coefficient (Wildman–Crippen LogP) is 6.27. The number of primary amides is 1. The Bertz CT molecular complexity index is 4230. The molecule has 11 rings (SSSR count). The third-order valence-electron chi connectivity index (χ3n) is 22.8. The minimum Gasteiger partial charge on any atom is -0.508 e. The highest BCUT2D eigenvalue weighted by Gasteiger charge is 2.78. The summed E-state index contributed by atoms with van der Waals surface area (Å²) in [6, 6.07) is 22.7. The summed E-state index contributed by atoms with van der Waals surface area (Å²) >= 11 is 0. The molecule has 30 heteroatoms. The average molecular weight is 1500 g/mol. The highest BCUT2D eigenvalue weighted by atomic mass is 32.2. The Morgan fingerprint density at radius 2 is 1.40 bits per heavy atom. The van der Waals surface area contributed by atoms with Gasteiger partial charge >= 0.3 is 36.0 Å². The molecule has 3 aliphatic carbocycles. The Balaban J connectivity index is 0.766. The number of alkyl carbamates (subject to hydrolysis) is 1. The standard InChI is InChI=1S/C77H98N8O21S/c1-43(2)52-37-53(55(88)38-54(52)87)66(78)85(71(79)96)51-23-21-46(22-24-51)41-81-33-35-84(36-34-81)107(99,100)83-31-27-48(28-32-83)67(92)82-29-25-50(26-30-82)68(93)103-62(60(47-17-13-11-14-18-47)80-72(97)106-73(5,6)7)70(95)102-56-40-77(98)65(104-69(94)49-19-15-12-16-20-49)63-75(10,64(91)61(90)59(44(56)3)74(77,8)9)57(89)39-58-76(63,42-101-58)105-45(4)86/h11-24,37-38,43,48,50,56-58,60-63,65,78,87-90,98H,25-36,39-42H2,1-10H3,(H2,79,96)(H,80,97)/t56-,57-,58+,60-,61?,62+,63-,65-,75+,76-,77+/m0/s1. The van der Waals surface area contributed by atoms with Crippen LogP contribution >= 0.6 is 0 Å².